The van der Waals surface area contributed by atoms with Gasteiger partial charge in [-0.1, -0.05) is 18.2 Å². The summed E-state index contributed by atoms with van der Waals surface area (Å²) in [7, 11) is 2.09. The normalized spacial score (nSPS) is 12.9. The maximum absolute atomic E-state index is 9.31. The van der Waals surface area contributed by atoms with E-state index in [-0.39, 0.29) is 12.5 Å². The molecule has 3 rings (SSSR count). The fourth-order valence-corrected chi connectivity index (χ4v) is 3.50. The number of hydrogen-bond acceptors (Lipinski definition) is 3. The van der Waals surface area contributed by atoms with Gasteiger partial charge in [0.25, 0.3) is 0 Å². The number of para-hydroxylation sites is 1. The van der Waals surface area contributed by atoms with Gasteiger partial charge < -0.3 is 15.4 Å². The van der Waals surface area contributed by atoms with Gasteiger partial charge in [0.15, 0.2) is 0 Å². The van der Waals surface area contributed by atoms with Gasteiger partial charge in [-0.05, 0) is 31.5 Å². The third-order valence-corrected chi connectivity index (χ3v) is 4.63. The molecule has 2 heterocycles. The van der Waals surface area contributed by atoms with Gasteiger partial charge in [0, 0.05) is 41.8 Å². The zero-order chi connectivity index (χ0) is 16.6. The smallest absolute Gasteiger partial charge is 0.0644 e. The lowest BCUT2D eigenvalue weighted by Gasteiger charge is -2.18. The summed E-state index contributed by atoms with van der Waals surface area (Å²) >= 11 is 0. The van der Waals surface area contributed by atoms with Gasteiger partial charge in [0.1, 0.15) is 0 Å². The third-order valence-electron chi connectivity index (χ3n) is 4.63. The van der Waals surface area contributed by atoms with E-state index in [4.69, 9.17) is 5.73 Å². The number of aliphatic hydroxyl groups excluding tert-OH is 1. The van der Waals surface area contributed by atoms with E-state index in [2.05, 4.69) is 54.0 Å². The predicted octanol–water partition coefficient (Wildman–Crippen LogP) is 2.07. The molecule has 0 aliphatic heterocycles. The van der Waals surface area contributed by atoms with Gasteiger partial charge in [0.2, 0.25) is 0 Å². The van der Waals surface area contributed by atoms with Crippen molar-refractivity contribution >= 4 is 10.9 Å². The molecule has 0 spiro atoms. The second-order valence-corrected chi connectivity index (χ2v) is 6.02. The Bertz CT molecular complexity index is 831. The molecule has 1 atom stereocenters. The van der Waals surface area contributed by atoms with Crippen LogP contribution in [-0.4, -0.2) is 32.6 Å². The number of nitrogens with two attached hydrogens (primary N) is 1. The number of rotatable bonds is 5. The summed E-state index contributed by atoms with van der Waals surface area (Å²) in [5.74, 6) is 0.0637. The van der Waals surface area contributed by atoms with E-state index in [1.165, 1.54) is 22.2 Å². The topological polar surface area (TPSA) is 69.0 Å². The molecule has 0 fully saturated rings. The molecule has 0 saturated carbocycles. The highest BCUT2D eigenvalue weighted by atomic mass is 16.3. The lowest BCUT2D eigenvalue weighted by atomic mass is 9.92. The highest BCUT2D eigenvalue weighted by Gasteiger charge is 2.24. The van der Waals surface area contributed by atoms with E-state index >= 15 is 0 Å². The number of aliphatic hydroxyl groups is 1. The highest BCUT2D eigenvalue weighted by molar-refractivity contribution is 5.86. The number of aryl methyl sites for hydroxylation is 2. The summed E-state index contributed by atoms with van der Waals surface area (Å²) < 4.78 is 4.10. The van der Waals surface area contributed by atoms with Crippen LogP contribution in [0.15, 0.2) is 30.3 Å². The molecule has 0 amide bonds. The summed E-state index contributed by atoms with van der Waals surface area (Å²) in [6, 6.07) is 10.5. The molecular formula is C18H24N4O. The van der Waals surface area contributed by atoms with Gasteiger partial charge >= 0.3 is 0 Å². The van der Waals surface area contributed by atoms with Crippen LogP contribution in [0.1, 0.15) is 28.6 Å². The van der Waals surface area contributed by atoms with Crippen LogP contribution in [-0.2, 0) is 13.6 Å². The average Bonchev–Trinajstić information content (AvgIpc) is 3.02. The molecule has 122 valence electrons. The zero-order valence-corrected chi connectivity index (χ0v) is 14.0. The molecule has 0 radical (unpaired) electrons. The van der Waals surface area contributed by atoms with Crippen LogP contribution in [0.5, 0.6) is 0 Å². The molecule has 23 heavy (non-hydrogen) atoms. The molecule has 1 aromatic carbocycles. The van der Waals surface area contributed by atoms with E-state index in [1.807, 2.05) is 11.6 Å². The molecule has 3 N–H and O–H groups in total. The fourth-order valence-electron chi connectivity index (χ4n) is 3.50. The first-order valence-electron chi connectivity index (χ1n) is 7.97. The summed E-state index contributed by atoms with van der Waals surface area (Å²) in [6.45, 7) is 5.17. The predicted molar refractivity (Wildman–Crippen MR) is 92.6 cm³/mol. The number of hydrogen-bond donors (Lipinski definition) is 2. The van der Waals surface area contributed by atoms with E-state index in [0.717, 1.165) is 11.4 Å². The second kappa shape index (κ2) is 6.18. The largest absolute Gasteiger partial charge is 0.394 e. The van der Waals surface area contributed by atoms with Gasteiger partial charge in [0.05, 0.1) is 18.8 Å². The van der Waals surface area contributed by atoms with Crippen molar-refractivity contribution in [2.24, 2.45) is 12.8 Å². The maximum Gasteiger partial charge on any atom is 0.0644 e. The highest BCUT2D eigenvalue weighted by Crippen LogP contribution is 2.34. The van der Waals surface area contributed by atoms with Gasteiger partial charge in [-0.15, -0.1) is 0 Å². The Balaban J connectivity index is 2.21. The average molecular weight is 312 g/mol. The van der Waals surface area contributed by atoms with Crippen molar-refractivity contribution < 1.29 is 5.11 Å². The quantitative estimate of drug-likeness (QED) is 0.758. The summed E-state index contributed by atoms with van der Waals surface area (Å²) in [6.07, 6.45) is 0. The Hall–Kier alpha value is -2.11. The lowest BCUT2D eigenvalue weighted by Crippen LogP contribution is -2.20. The standard InChI is InChI=1S/C18H24N4O/c1-12-10-17(22(20-12)8-9-23)15(11-19)18-13(2)21(3)16-7-5-4-6-14(16)18/h4-7,10,15,23H,8-9,11,19H2,1-3H3. The Kier molecular flexibility index (Phi) is 4.24. The van der Waals surface area contributed by atoms with Crippen molar-refractivity contribution in [3.8, 4) is 0 Å². The Morgan fingerprint density at radius 2 is 2.00 bits per heavy atom. The Morgan fingerprint density at radius 3 is 2.70 bits per heavy atom. The molecular weight excluding hydrogens is 288 g/mol. The lowest BCUT2D eigenvalue weighted by molar-refractivity contribution is 0.266. The Morgan fingerprint density at radius 1 is 1.26 bits per heavy atom. The van der Waals surface area contributed by atoms with Crippen molar-refractivity contribution in [2.45, 2.75) is 26.3 Å². The zero-order valence-electron chi connectivity index (χ0n) is 14.0. The fraction of sp³-hybridized carbons (Fsp3) is 0.389. The van der Waals surface area contributed by atoms with E-state index in [1.54, 1.807) is 0 Å². The number of benzene rings is 1. The molecule has 5 nitrogen and oxygen atoms in total. The monoisotopic (exact) mass is 312 g/mol. The van der Waals surface area contributed by atoms with E-state index in [0.29, 0.717) is 13.1 Å². The molecule has 3 aromatic rings. The summed E-state index contributed by atoms with van der Waals surface area (Å²) in [5.41, 5.74) is 11.9. The molecule has 0 saturated heterocycles. The van der Waals surface area contributed by atoms with Gasteiger partial charge in [-0.25, -0.2) is 0 Å². The van der Waals surface area contributed by atoms with Crippen LogP contribution in [0.3, 0.4) is 0 Å². The first kappa shape index (κ1) is 15.8. The SMILES string of the molecule is Cc1cc(C(CN)c2c(C)n(C)c3ccccc23)n(CCO)n1. The van der Waals surface area contributed by atoms with Crippen LogP contribution in [0.4, 0.5) is 0 Å². The molecule has 5 heteroatoms. The Labute approximate surface area is 136 Å². The summed E-state index contributed by atoms with van der Waals surface area (Å²) in [4.78, 5) is 0. The van der Waals surface area contributed by atoms with E-state index in [9.17, 15) is 5.11 Å². The molecule has 0 bridgehead atoms. The second-order valence-electron chi connectivity index (χ2n) is 6.02. The molecule has 2 aromatic heterocycles. The van der Waals surface area contributed by atoms with Crippen molar-refractivity contribution in [3.63, 3.8) is 0 Å². The van der Waals surface area contributed by atoms with Crippen LogP contribution >= 0.6 is 0 Å². The van der Waals surface area contributed by atoms with Crippen molar-refractivity contribution in [2.75, 3.05) is 13.2 Å². The first-order chi connectivity index (χ1) is 11.1. The minimum atomic E-state index is 0.0637. The van der Waals surface area contributed by atoms with Crippen LogP contribution in [0, 0.1) is 13.8 Å². The van der Waals surface area contributed by atoms with Crippen molar-refractivity contribution in [1.82, 2.24) is 14.3 Å². The number of fused-ring (bicyclic) bond motifs is 1. The third kappa shape index (κ3) is 2.56. The maximum atomic E-state index is 9.31. The molecule has 0 aliphatic rings. The minimum Gasteiger partial charge on any atom is -0.394 e. The van der Waals surface area contributed by atoms with Crippen LogP contribution < -0.4 is 5.73 Å². The first-order valence-corrected chi connectivity index (χ1v) is 7.97. The van der Waals surface area contributed by atoms with Crippen LogP contribution in [0.2, 0.25) is 0 Å². The summed E-state index contributed by atoms with van der Waals surface area (Å²) in [5, 5.41) is 15.1. The van der Waals surface area contributed by atoms with Crippen molar-refractivity contribution in [3.05, 3.63) is 53.0 Å². The van der Waals surface area contributed by atoms with Gasteiger partial charge in [-0.2, -0.15) is 5.10 Å². The molecule has 0 aliphatic carbocycles. The number of nitrogens with zero attached hydrogens (tertiary/aromatic N) is 3. The van der Waals surface area contributed by atoms with E-state index < -0.39 is 0 Å². The van der Waals surface area contributed by atoms with Crippen LogP contribution in [0.25, 0.3) is 10.9 Å². The van der Waals surface area contributed by atoms with Crippen molar-refractivity contribution in [1.29, 1.82) is 0 Å². The minimum absolute atomic E-state index is 0.0637. The van der Waals surface area contributed by atoms with Gasteiger partial charge in [-0.3, -0.25) is 4.68 Å². The molecule has 1 unspecified atom stereocenters. The number of aromatic nitrogens is 3.